The van der Waals surface area contributed by atoms with Gasteiger partial charge in [0.2, 0.25) is 29.4 Å². The van der Waals surface area contributed by atoms with Crippen molar-refractivity contribution in [1.29, 1.82) is 0 Å². The molecule has 5 fully saturated rings. The van der Waals surface area contributed by atoms with Crippen LogP contribution in [0, 0.1) is 27.6 Å². The first kappa shape index (κ1) is 45.1. The van der Waals surface area contributed by atoms with Crippen LogP contribution in [0.25, 0.3) is 0 Å². The minimum Gasteiger partial charge on any atom is -0.345 e. The van der Waals surface area contributed by atoms with Gasteiger partial charge in [-0.05, 0) is 115 Å². The predicted octanol–water partition coefficient (Wildman–Crippen LogP) is 5.41. The van der Waals surface area contributed by atoms with Crippen molar-refractivity contribution >= 4 is 35.3 Å². The molecule has 5 aliphatic rings. The van der Waals surface area contributed by atoms with Crippen LogP contribution in [0.5, 0.6) is 0 Å². The molecule has 57 heavy (non-hydrogen) atoms. The molecule has 5 rings (SSSR count). The highest BCUT2D eigenvalue weighted by Gasteiger charge is 2.85. The molecule has 4 N–H and O–H groups in total. The number of rotatable bonds is 13. The fraction of sp³-hybridized carbons (Fsp3) is 0.867. The normalized spacial score (nSPS) is 27.6. The van der Waals surface area contributed by atoms with Gasteiger partial charge in [-0.3, -0.25) is 33.7 Å². The molecule has 2 saturated heterocycles. The Morgan fingerprint density at radius 3 is 1.89 bits per heavy atom. The minimum absolute atomic E-state index is 0.0264. The molecule has 12 heteroatoms. The number of hydrogen-bond donors (Lipinski definition) is 4. The van der Waals surface area contributed by atoms with E-state index in [1.165, 1.54) is 0 Å². The second-order valence-corrected chi connectivity index (χ2v) is 21.3. The zero-order valence-corrected chi connectivity index (χ0v) is 37.2. The highest BCUT2D eigenvalue weighted by Crippen LogP contribution is 2.88. The molecule has 12 nitrogen and oxygen atoms in total. The molecule has 322 valence electrons. The van der Waals surface area contributed by atoms with Crippen molar-refractivity contribution in [3.05, 3.63) is 0 Å². The maximum atomic E-state index is 15.2. The monoisotopic (exact) mass is 797 g/mol. The third-order valence-electron chi connectivity index (χ3n) is 14.9. The Labute approximate surface area is 342 Å². The molecule has 0 radical (unpaired) electrons. The van der Waals surface area contributed by atoms with Crippen LogP contribution >= 0.6 is 0 Å². The number of likely N-dealkylation sites (tertiary alicyclic amines) is 2. The molecule has 2 spiro atoms. The fourth-order valence-electron chi connectivity index (χ4n) is 11.5. The van der Waals surface area contributed by atoms with Gasteiger partial charge in [0, 0.05) is 23.5 Å². The molecule has 2 heterocycles. The van der Waals surface area contributed by atoms with E-state index in [0.29, 0.717) is 19.4 Å². The average Bonchev–Trinajstić information content (AvgIpc) is 3.32. The number of piperidine rings is 1. The largest absolute Gasteiger partial charge is 0.345 e. The first-order valence-electron chi connectivity index (χ1n) is 22.4. The Kier molecular flexibility index (Phi) is 13.4. The third-order valence-corrected chi connectivity index (χ3v) is 14.9. The average molecular weight is 797 g/mol. The van der Waals surface area contributed by atoms with E-state index in [0.717, 1.165) is 77.2 Å². The summed E-state index contributed by atoms with van der Waals surface area (Å²) >= 11 is 0. The lowest BCUT2D eigenvalue weighted by atomic mass is 9.73. The van der Waals surface area contributed by atoms with E-state index >= 15 is 4.79 Å². The lowest BCUT2D eigenvalue weighted by Gasteiger charge is -2.40. The lowest BCUT2D eigenvalue weighted by molar-refractivity contribution is -0.146. The predicted molar refractivity (Wildman–Crippen MR) is 222 cm³/mol. The zero-order chi connectivity index (χ0) is 42.3. The molecule has 0 aromatic heterocycles. The Morgan fingerprint density at radius 1 is 0.754 bits per heavy atom. The Morgan fingerprint density at radius 2 is 1.37 bits per heavy atom. The molecule has 0 aromatic rings. The van der Waals surface area contributed by atoms with Crippen molar-refractivity contribution < 1.29 is 28.8 Å². The first-order valence-corrected chi connectivity index (χ1v) is 22.4. The van der Waals surface area contributed by atoms with Gasteiger partial charge in [-0.2, -0.15) is 0 Å². The molecule has 0 unspecified atom stereocenters. The molecule has 2 aliphatic heterocycles. The summed E-state index contributed by atoms with van der Waals surface area (Å²) in [6.45, 7) is 23.0. The van der Waals surface area contributed by atoms with E-state index < -0.39 is 52.7 Å². The number of nitrogens with zero attached hydrogens (tertiary/aromatic N) is 2. The van der Waals surface area contributed by atoms with E-state index in [1.54, 1.807) is 25.7 Å². The molecule has 5 amide bonds. The summed E-state index contributed by atoms with van der Waals surface area (Å²) in [5, 5.41) is 12.0. The maximum Gasteiger partial charge on any atom is 0.290 e. The van der Waals surface area contributed by atoms with Crippen LogP contribution < -0.4 is 21.3 Å². The van der Waals surface area contributed by atoms with Crippen molar-refractivity contribution in [1.82, 2.24) is 31.1 Å². The van der Waals surface area contributed by atoms with E-state index in [4.69, 9.17) is 0 Å². The Hall–Kier alpha value is -3.02. The molecule has 0 bridgehead atoms. The first-order chi connectivity index (χ1) is 26.5. The number of Topliss-reactive ketones (excluding diaryl/α,β-unsaturated/α-hetero) is 1. The standard InChI is InChI=1S/C45H76N6O6/c1-12-19-30(34(52)39(56)49-42(7,8)9)46-37(54)32-26-45(43(10,11)44(45)23-18-24-44)27-51(32)40(57)35(41(4,5)6)48-38(55)33(29-20-14-13-15-21-29)47-36(53)31-22-16-17-25-50(31)28(2)3/h28-33,35H,12-27H2,1-11H3,(H,46,54)(H,47,53)(H,48,55)(H,49,56)/t30-,31-,32-,33-,35+,45+/m0/s1. The minimum atomic E-state index is -1.03. The number of hydrogen-bond acceptors (Lipinski definition) is 7. The Bertz CT molecular complexity index is 1530. The van der Waals surface area contributed by atoms with E-state index in [9.17, 15) is 24.0 Å². The summed E-state index contributed by atoms with van der Waals surface area (Å²) in [4.78, 5) is 88.8. The second-order valence-electron chi connectivity index (χ2n) is 21.3. The van der Waals surface area contributed by atoms with Crippen LogP contribution in [0.2, 0.25) is 0 Å². The van der Waals surface area contributed by atoms with Crippen LogP contribution in [0.15, 0.2) is 0 Å². The van der Waals surface area contributed by atoms with Gasteiger partial charge in [0.1, 0.15) is 18.1 Å². The molecule has 3 aliphatic carbocycles. The van der Waals surface area contributed by atoms with Crippen LogP contribution in [0.4, 0.5) is 0 Å². The maximum absolute atomic E-state index is 15.2. The highest BCUT2D eigenvalue weighted by molar-refractivity contribution is 6.38. The van der Waals surface area contributed by atoms with Crippen LogP contribution in [0.3, 0.4) is 0 Å². The van der Waals surface area contributed by atoms with Crippen molar-refractivity contribution in [3.63, 3.8) is 0 Å². The van der Waals surface area contributed by atoms with Crippen LogP contribution in [-0.2, 0) is 28.8 Å². The molecule has 0 aromatic carbocycles. The van der Waals surface area contributed by atoms with Crippen LogP contribution in [0.1, 0.15) is 166 Å². The summed E-state index contributed by atoms with van der Waals surface area (Å²) in [7, 11) is 0. The summed E-state index contributed by atoms with van der Waals surface area (Å²) in [6.07, 6.45) is 12.0. The quantitative estimate of drug-likeness (QED) is 0.182. The van der Waals surface area contributed by atoms with Gasteiger partial charge < -0.3 is 26.2 Å². The fourth-order valence-corrected chi connectivity index (χ4v) is 11.5. The van der Waals surface area contributed by atoms with E-state index in [1.807, 2.05) is 27.7 Å². The number of amides is 5. The van der Waals surface area contributed by atoms with Gasteiger partial charge in [0.05, 0.1) is 12.1 Å². The third kappa shape index (κ3) is 8.82. The summed E-state index contributed by atoms with van der Waals surface area (Å²) in [5.74, 6) is -2.75. The number of carbonyl (C=O) groups excluding carboxylic acids is 6. The topological polar surface area (TPSA) is 157 Å². The number of carbonyl (C=O) groups is 6. The number of fused-ring (bicyclic) bond motifs is 1. The van der Waals surface area contributed by atoms with Gasteiger partial charge in [0.15, 0.2) is 0 Å². The second kappa shape index (κ2) is 16.9. The van der Waals surface area contributed by atoms with Crippen LogP contribution in [-0.4, -0.2) is 100.0 Å². The van der Waals surface area contributed by atoms with Crippen molar-refractivity contribution in [3.8, 4) is 0 Å². The van der Waals surface area contributed by atoms with Crippen molar-refractivity contribution in [2.75, 3.05) is 13.1 Å². The number of ketones is 1. The lowest BCUT2D eigenvalue weighted by Crippen LogP contribution is -2.63. The van der Waals surface area contributed by atoms with Gasteiger partial charge in [-0.15, -0.1) is 0 Å². The summed E-state index contributed by atoms with van der Waals surface area (Å²) in [6, 6.07) is -3.77. The van der Waals surface area contributed by atoms with E-state index in [2.05, 4.69) is 53.9 Å². The van der Waals surface area contributed by atoms with Crippen molar-refractivity contribution in [2.24, 2.45) is 27.6 Å². The van der Waals surface area contributed by atoms with E-state index in [-0.39, 0.29) is 58.4 Å². The highest BCUT2D eigenvalue weighted by atomic mass is 16.2. The van der Waals surface area contributed by atoms with Gasteiger partial charge in [-0.25, -0.2) is 0 Å². The molecular weight excluding hydrogens is 721 g/mol. The summed E-state index contributed by atoms with van der Waals surface area (Å²) < 4.78 is 0. The molecular formula is C45H76N6O6. The molecule has 6 atom stereocenters. The van der Waals surface area contributed by atoms with Crippen molar-refractivity contribution in [2.45, 2.75) is 208 Å². The van der Waals surface area contributed by atoms with Gasteiger partial charge in [-0.1, -0.05) is 80.1 Å². The summed E-state index contributed by atoms with van der Waals surface area (Å²) in [5.41, 5.74) is -1.72. The number of nitrogens with one attached hydrogen (secondary N) is 4. The smallest absolute Gasteiger partial charge is 0.290 e. The Balaban J connectivity index is 1.43. The van der Waals surface area contributed by atoms with Gasteiger partial charge in [0.25, 0.3) is 5.91 Å². The molecule has 3 saturated carbocycles. The SMILES string of the molecule is CCC[C@H](NC(=O)[C@@H]1C[C@@]2(CN1C(=O)[C@@H](NC(=O)[C@@H](NC(=O)[C@@H]1CCCCN1C(C)C)C1CCCCC1)C(C)(C)C)C(C)(C)C21CCC1)C(=O)C(=O)NC(C)(C)C. The van der Waals surface area contributed by atoms with Gasteiger partial charge >= 0.3 is 0 Å². The zero-order valence-electron chi connectivity index (χ0n) is 37.2.